The molecule has 1 fully saturated rings. The highest BCUT2D eigenvalue weighted by Gasteiger charge is 2.40. The van der Waals surface area contributed by atoms with E-state index in [-0.39, 0.29) is 11.6 Å². The molecule has 0 bridgehead atoms. The molecule has 4 N–H and O–H groups in total. The Kier molecular flexibility index (Phi) is 3.93. The number of nitrogens with one attached hydrogen (secondary N) is 1. The largest absolute Gasteiger partial charge is 0.438 e. The Balaban J connectivity index is 2.21. The van der Waals surface area contributed by atoms with Crippen molar-refractivity contribution >= 4 is 11.7 Å². The smallest absolute Gasteiger partial charge is 0.289 e. The molecule has 1 aromatic rings. The van der Waals surface area contributed by atoms with Crippen LogP contribution in [0, 0.1) is 6.92 Å². The highest BCUT2D eigenvalue weighted by Crippen LogP contribution is 2.23. The number of aryl methyl sites for hydroxylation is 1. The Labute approximate surface area is 116 Å². The Morgan fingerprint density at radius 1 is 1.60 bits per heavy atom. The Morgan fingerprint density at radius 2 is 2.25 bits per heavy atom. The van der Waals surface area contributed by atoms with E-state index in [2.05, 4.69) is 20.4 Å². The maximum absolute atomic E-state index is 12.3. The minimum atomic E-state index is -0.850. The molecule has 20 heavy (non-hydrogen) atoms. The Morgan fingerprint density at radius 3 is 2.75 bits per heavy atom. The normalized spacial score (nSPS) is 19.8. The molecule has 8 heteroatoms. The summed E-state index contributed by atoms with van der Waals surface area (Å²) in [6.07, 6.45) is 2.35. The Bertz CT molecular complexity index is 517. The van der Waals surface area contributed by atoms with Crippen LogP contribution in [0.1, 0.15) is 29.1 Å². The van der Waals surface area contributed by atoms with E-state index in [1.165, 1.54) is 6.39 Å². The number of amidine groups is 1. The zero-order chi connectivity index (χ0) is 14.8. The van der Waals surface area contributed by atoms with Crippen molar-refractivity contribution in [3.8, 4) is 0 Å². The number of carbonyl (C=O) groups is 1. The molecule has 2 rings (SSSR count). The number of nitrogens with two attached hydrogens (primary N) is 1. The number of piperidine rings is 1. The molecule has 0 atom stereocenters. The van der Waals surface area contributed by atoms with Gasteiger partial charge in [0.05, 0.1) is 5.69 Å². The molecule has 1 amide bonds. The van der Waals surface area contributed by atoms with Gasteiger partial charge in [-0.25, -0.2) is 4.98 Å². The van der Waals surface area contributed by atoms with Gasteiger partial charge in [0.1, 0.15) is 5.54 Å². The average Bonchev–Trinajstić information content (AvgIpc) is 2.87. The van der Waals surface area contributed by atoms with Gasteiger partial charge >= 0.3 is 0 Å². The zero-order valence-corrected chi connectivity index (χ0v) is 11.6. The van der Waals surface area contributed by atoms with Gasteiger partial charge in [-0.15, -0.1) is 0 Å². The molecule has 0 unspecified atom stereocenters. The van der Waals surface area contributed by atoms with Gasteiger partial charge in [0, 0.05) is 13.1 Å². The summed E-state index contributed by atoms with van der Waals surface area (Å²) in [5.41, 5.74) is 5.44. The molecule has 0 spiro atoms. The minimum Gasteiger partial charge on any atom is -0.438 e. The van der Waals surface area contributed by atoms with Gasteiger partial charge in [-0.2, -0.15) is 0 Å². The molecule has 0 aromatic carbocycles. The molecule has 1 aliphatic heterocycles. The van der Waals surface area contributed by atoms with E-state index in [1.54, 1.807) is 6.92 Å². The number of oxime groups is 1. The molecule has 1 aromatic heterocycles. The second-order valence-corrected chi connectivity index (χ2v) is 5.09. The zero-order valence-electron chi connectivity index (χ0n) is 11.6. The molecule has 110 valence electrons. The Hall–Kier alpha value is -2.09. The number of hydrogen-bond acceptors (Lipinski definition) is 6. The number of nitrogens with zero attached hydrogens (tertiary/aromatic N) is 3. The van der Waals surface area contributed by atoms with Crippen molar-refractivity contribution in [1.82, 2.24) is 15.2 Å². The minimum absolute atomic E-state index is 0.0103. The van der Waals surface area contributed by atoms with Gasteiger partial charge < -0.3 is 25.6 Å². The highest BCUT2D eigenvalue weighted by molar-refractivity contribution is 5.99. The van der Waals surface area contributed by atoms with Crippen LogP contribution >= 0.6 is 0 Å². The number of rotatable bonds is 3. The monoisotopic (exact) mass is 281 g/mol. The van der Waals surface area contributed by atoms with Crippen LogP contribution in [0.25, 0.3) is 0 Å². The third-order valence-electron chi connectivity index (χ3n) is 3.74. The van der Waals surface area contributed by atoms with E-state index in [1.807, 2.05) is 7.05 Å². The third-order valence-corrected chi connectivity index (χ3v) is 3.74. The van der Waals surface area contributed by atoms with Crippen LogP contribution in [-0.4, -0.2) is 52.5 Å². The molecule has 0 radical (unpaired) electrons. The lowest BCUT2D eigenvalue weighted by Crippen LogP contribution is -2.62. The number of likely N-dealkylation sites (tertiary alicyclic amines) is 1. The van der Waals surface area contributed by atoms with Crippen molar-refractivity contribution in [3.05, 3.63) is 17.8 Å². The number of amides is 1. The quantitative estimate of drug-likeness (QED) is 0.309. The number of hydrogen-bond donors (Lipinski definition) is 3. The van der Waals surface area contributed by atoms with Gasteiger partial charge in [0.2, 0.25) is 5.76 Å². The fraction of sp³-hybridized carbons (Fsp3) is 0.583. The summed E-state index contributed by atoms with van der Waals surface area (Å²) in [5.74, 6) is -0.249. The molecule has 8 nitrogen and oxygen atoms in total. The van der Waals surface area contributed by atoms with Crippen LogP contribution in [0.15, 0.2) is 16.0 Å². The predicted octanol–water partition coefficient (Wildman–Crippen LogP) is -0.0764. The van der Waals surface area contributed by atoms with Gasteiger partial charge in [-0.3, -0.25) is 4.79 Å². The van der Waals surface area contributed by atoms with E-state index in [4.69, 9.17) is 15.4 Å². The summed E-state index contributed by atoms with van der Waals surface area (Å²) in [6.45, 7) is 3.17. The summed E-state index contributed by atoms with van der Waals surface area (Å²) in [6, 6.07) is 0. The van der Waals surface area contributed by atoms with Crippen LogP contribution in [-0.2, 0) is 0 Å². The summed E-state index contributed by atoms with van der Waals surface area (Å²) in [5, 5.41) is 14.9. The van der Waals surface area contributed by atoms with Gasteiger partial charge in [0.25, 0.3) is 5.91 Å². The maximum Gasteiger partial charge on any atom is 0.289 e. The van der Waals surface area contributed by atoms with Crippen LogP contribution in [0.2, 0.25) is 0 Å². The standard InChI is InChI=1S/C12H19N5O3/c1-8-9(20-7-14-8)10(18)15-12(11(13)16-19)3-5-17(2)6-4-12/h7,19H,3-6H2,1-2H3,(H2,13,16)(H,15,18). The van der Waals surface area contributed by atoms with Crippen molar-refractivity contribution in [2.45, 2.75) is 25.3 Å². The average molecular weight is 281 g/mol. The van der Waals surface area contributed by atoms with Crippen molar-refractivity contribution in [2.24, 2.45) is 10.9 Å². The van der Waals surface area contributed by atoms with Crippen molar-refractivity contribution < 1.29 is 14.4 Å². The summed E-state index contributed by atoms with van der Waals surface area (Å²) in [7, 11) is 1.98. The van der Waals surface area contributed by atoms with Gasteiger partial charge in [-0.1, -0.05) is 5.16 Å². The van der Waals surface area contributed by atoms with Gasteiger partial charge in [-0.05, 0) is 26.8 Å². The third kappa shape index (κ3) is 2.60. The topological polar surface area (TPSA) is 117 Å². The molecule has 1 saturated heterocycles. The molecule has 0 aliphatic carbocycles. The summed E-state index contributed by atoms with van der Waals surface area (Å²) >= 11 is 0. The molecule has 0 saturated carbocycles. The second kappa shape index (κ2) is 5.49. The summed E-state index contributed by atoms with van der Waals surface area (Å²) < 4.78 is 5.07. The second-order valence-electron chi connectivity index (χ2n) is 5.09. The first-order valence-electron chi connectivity index (χ1n) is 6.37. The fourth-order valence-corrected chi connectivity index (χ4v) is 2.34. The molecule has 2 heterocycles. The van der Waals surface area contributed by atoms with Crippen LogP contribution in [0.3, 0.4) is 0 Å². The van der Waals surface area contributed by atoms with Gasteiger partial charge in [0.15, 0.2) is 12.2 Å². The summed E-state index contributed by atoms with van der Waals surface area (Å²) in [4.78, 5) is 18.3. The predicted molar refractivity (Wildman–Crippen MR) is 71.6 cm³/mol. The molecular weight excluding hydrogens is 262 g/mol. The van der Waals surface area contributed by atoms with Crippen molar-refractivity contribution in [1.29, 1.82) is 0 Å². The van der Waals surface area contributed by atoms with E-state index in [9.17, 15) is 4.79 Å². The van der Waals surface area contributed by atoms with E-state index in [0.29, 0.717) is 18.5 Å². The fourth-order valence-electron chi connectivity index (χ4n) is 2.34. The number of carbonyl (C=O) groups excluding carboxylic acids is 1. The van der Waals surface area contributed by atoms with Crippen LogP contribution < -0.4 is 11.1 Å². The van der Waals surface area contributed by atoms with E-state index in [0.717, 1.165) is 13.1 Å². The molecular formula is C12H19N5O3. The van der Waals surface area contributed by atoms with Crippen LogP contribution in [0.4, 0.5) is 0 Å². The SMILES string of the molecule is Cc1ncoc1C(=O)NC1(C(N)=NO)CCN(C)CC1. The van der Waals surface area contributed by atoms with E-state index >= 15 is 0 Å². The number of aromatic nitrogens is 1. The number of oxazole rings is 1. The molecule has 1 aliphatic rings. The lowest BCUT2D eigenvalue weighted by atomic mass is 9.86. The first-order valence-corrected chi connectivity index (χ1v) is 6.37. The first-order chi connectivity index (χ1) is 9.48. The highest BCUT2D eigenvalue weighted by atomic mass is 16.4. The lowest BCUT2D eigenvalue weighted by molar-refractivity contribution is 0.0857. The van der Waals surface area contributed by atoms with E-state index < -0.39 is 11.4 Å². The first kappa shape index (κ1) is 14.3. The van der Waals surface area contributed by atoms with Crippen molar-refractivity contribution in [2.75, 3.05) is 20.1 Å². The maximum atomic E-state index is 12.3. The van der Waals surface area contributed by atoms with Crippen molar-refractivity contribution in [3.63, 3.8) is 0 Å². The van der Waals surface area contributed by atoms with Crippen LogP contribution in [0.5, 0.6) is 0 Å². The lowest BCUT2D eigenvalue weighted by Gasteiger charge is -2.39.